The van der Waals surface area contributed by atoms with Gasteiger partial charge in [0.25, 0.3) is 0 Å². The molecule has 5 heteroatoms. The van der Waals surface area contributed by atoms with E-state index in [1.165, 1.54) is 0 Å². The second kappa shape index (κ2) is 6.58. The molecule has 14 heavy (non-hydrogen) atoms. The lowest BCUT2D eigenvalue weighted by molar-refractivity contribution is -0.121. The average Bonchev–Trinajstić information content (AvgIpc) is 2.19. The fourth-order valence-corrected chi connectivity index (χ4v) is 2.41. The molecule has 1 saturated carbocycles. The number of rotatable bonds is 4. The van der Waals surface area contributed by atoms with Gasteiger partial charge in [-0.05, 0) is 32.7 Å². The van der Waals surface area contributed by atoms with E-state index in [4.69, 9.17) is 0 Å². The number of amides is 1. The smallest absolute Gasteiger partial charge is 0.234 e. The van der Waals surface area contributed by atoms with Crippen molar-refractivity contribution >= 4 is 28.8 Å². The highest BCUT2D eigenvalue weighted by atomic mass is 127. The van der Waals surface area contributed by atoms with Gasteiger partial charge < -0.3 is 10.6 Å². The molecule has 4 nitrogen and oxygen atoms in total. The molecular weight excluding hydrogens is 293 g/mol. The highest BCUT2D eigenvalue weighted by molar-refractivity contribution is 14.1. The van der Waals surface area contributed by atoms with E-state index in [-0.39, 0.29) is 5.91 Å². The van der Waals surface area contributed by atoms with Crippen LogP contribution in [0.25, 0.3) is 0 Å². The molecule has 1 amide bonds. The van der Waals surface area contributed by atoms with Crippen molar-refractivity contribution in [1.82, 2.24) is 14.2 Å². The van der Waals surface area contributed by atoms with Crippen LogP contribution in [0.15, 0.2) is 0 Å². The van der Waals surface area contributed by atoms with Crippen LogP contribution in [0.3, 0.4) is 0 Å². The largest absolute Gasteiger partial charge is 0.352 e. The zero-order valence-electron chi connectivity index (χ0n) is 8.48. The number of carbonyl (C=O) groups is 1. The first kappa shape index (κ1) is 12.2. The molecule has 0 heterocycles. The fraction of sp³-hybridized carbons (Fsp3) is 0.889. The van der Waals surface area contributed by atoms with Crippen LogP contribution in [0.5, 0.6) is 0 Å². The maximum atomic E-state index is 11.3. The summed E-state index contributed by atoms with van der Waals surface area (Å²) in [7, 11) is 1.79. The second-order valence-electron chi connectivity index (χ2n) is 3.76. The summed E-state index contributed by atoms with van der Waals surface area (Å²) in [4.78, 5) is 11.3. The van der Waals surface area contributed by atoms with Crippen LogP contribution in [-0.2, 0) is 4.79 Å². The fourth-order valence-electron chi connectivity index (χ4n) is 1.79. The van der Waals surface area contributed by atoms with Crippen LogP contribution in [0.4, 0.5) is 0 Å². The molecule has 0 bridgehead atoms. The van der Waals surface area contributed by atoms with Gasteiger partial charge in [0, 0.05) is 34.9 Å². The van der Waals surface area contributed by atoms with Crippen molar-refractivity contribution in [3.8, 4) is 0 Å². The molecular formula is C9H18IN3O. The van der Waals surface area contributed by atoms with E-state index < -0.39 is 0 Å². The molecule has 0 aliphatic heterocycles. The molecule has 0 radical (unpaired) electrons. The SMILES string of the molecule is CNCC(=O)N[C@H]1CC[C@H](NI)CC1. The van der Waals surface area contributed by atoms with E-state index in [2.05, 4.69) is 37.0 Å². The monoisotopic (exact) mass is 311 g/mol. The quantitative estimate of drug-likeness (QED) is 0.526. The Kier molecular flexibility index (Phi) is 5.73. The minimum absolute atomic E-state index is 0.110. The van der Waals surface area contributed by atoms with Gasteiger partial charge in [0.1, 0.15) is 0 Å². The standard InChI is InChI=1S/C9H18IN3O/c1-11-6-9(14)12-7-2-4-8(13-10)5-3-7/h7-8,11,13H,2-6H2,1H3,(H,12,14)/t7-,8-. The molecule has 0 aromatic carbocycles. The number of halogens is 1. The Bertz CT molecular complexity index is 181. The minimum Gasteiger partial charge on any atom is -0.352 e. The van der Waals surface area contributed by atoms with Crippen LogP contribution in [-0.4, -0.2) is 31.6 Å². The van der Waals surface area contributed by atoms with Gasteiger partial charge in [0.05, 0.1) is 6.54 Å². The van der Waals surface area contributed by atoms with E-state index >= 15 is 0 Å². The zero-order valence-corrected chi connectivity index (χ0v) is 10.6. The summed E-state index contributed by atoms with van der Waals surface area (Å²) in [6, 6.07) is 1.02. The molecule has 1 fully saturated rings. The maximum Gasteiger partial charge on any atom is 0.234 e. The van der Waals surface area contributed by atoms with Crippen molar-refractivity contribution in [1.29, 1.82) is 0 Å². The van der Waals surface area contributed by atoms with E-state index in [9.17, 15) is 4.79 Å². The van der Waals surface area contributed by atoms with Crippen LogP contribution >= 0.6 is 22.9 Å². The third-order valence-corrected chi connectivity index (χ3v) is 3.46. The van der Waals surface area contributed by atoms with E-state index in [1.54, 1.807) is 7.05 Å². The van der Waals surface area contributed by atoms with Gasteiger partial charge in [-0.15, -0.1) is 0 Å². The van der Waals surface area contributed by atoms with Crippen molar-refractivity contribution in [2.75, 3.05) is 13.6 Å². The predicted molar refractivity (Wildman–Crippen MR) is 65.3 cm³/mol. The van der Waals surface area contributed by atoms with Crippen LogP contribution in [0.2, 0.25) is 0 Å². The molecule has 0 aromatic rings. The Morgan fingerprint density at radius 2 is 1.86 bits per heavy atom. The Balaban J connectivity index is 2.18. The Morgan fingerprint density at radius 1 is 1.29 bits per heavy atom. The third-order valence-electron chi connectivity index (χ3n) is 2.58. The topological polar surface area (TPSA) is 53.2 Å². The molecule has 1 aliphatic carbocycles. The van der Waals surface area contributed by atoms with E-state index in [0.29, 0.717) is 18.6 Å². The summed E-state index contributed by atoms with van der Waals surface area (Å²) in [5.74, 6) is 0.110. The first-order valence-electron chi connectivity index (χ1n) is 5.06. The van der Waals surface area contributed by atoms with E-state index in [1.807, 2.05) is 0 Å². The first-order chi connectivity index (χ1) is 6.76. The summed E-state index contributed by atoms with van der Waals surface area (Å²) >= 11 is 2.21. The average molecular weight is 311 g/mol. The van der Waals surface area contributed by atoms with Crippen LogP contribution in [0, 0.1) is 0 Å². The molecule has 0 aromatic heterocycles. The molecule has 0 saturated heterocycles. The summed E-state index contributed by atoms with van der Waals surface area (Å²) in [6.07, 6.45) is 4.51. The molecule has 0 spiro atoms. The molecule has 0 atom stereocenters. The predicted octanol–water partition coefficient (Wildman–Crippen LogP) is 0.573. The third kappa shape index (κ3) is 4.10. The van der Waals surface area contributed by atoms with Crippen molar-refractivity contribution in [3.63, 3.8) is 0 Å². The first-order valence-corrected chi connectivity index (χ1v) is 6.14. The highest BCUT2D eigenvalue weighted by Crippen LogP contribution is 2.19. The minimum atomic E-state index is 0.110. The van der Waals surface area contributed by atoms with Gasteiger partial charge in [-0.25, -0.2) is 0 Å². The molecule has 1 aliphatic rings. The molecule has 0 unspecified atom stereocenters. The summed E-state index contributed by atoms with van der Waals surface area (Å²) in [5, 5.41) is 5.88. The van der Waals surface area contributed by atoms with Crippen LogP contribution < -0.4 is 14.2 Å². The summed E-state index contributed by atoms with van der Waals surface area (Å²) in [6.45, 7) is 0.421. The van der Waals surface area contributed by atoms with E-state index in [0.717, 1.165) is 25.7 Å². The number of nitrogens with one attached hydrogen (secondary N) is 3. The maximum absolute atomic E-state index is 11.3. The molecule has 3 N–H and O–H groups in total. The van der Waals surface area contributed by atoms with Crippen molar-refractivity contribution < 1.29 is 4.79 Å². The van der Waals surface area contributed by atoms with Gasteiger partial charge >= 0.3 is 0 Å². The summed E-state index contributed by atoms with van der Waals surface area (Å²) < 4.78 is 3.25. The summed E-state index contributed by atoms with van der Waals surface area (Å²) in [5.41, 5.74) is 0. The van der Waals surface area contributed by atoms with Gasteiger partial charge in [-0.2, -0.15) is 0 Å². The molecule has 82 valence electrons. The van der Waals surface area contributed by atoms with Crippen LogP contribution in [0.1, 0.15) is 25.7 Å². The lowest BCUT2D eigenvalue weighted by atomic mass is 9.92. The Labute approximate surface area is 99.1 Å². The van der Waals surface area contributed by atoms with Gasteiger partial charge in [0.15, 0.2) is 0 Å². The lowest BCUT2D eigenvalue weighted by Crippen LogP contribution is -2.43. The second-order valence-corrected chi connectivity index (χ2v) is 4.38. The van der Waals surface area contributed by atoms with Gasteiger partial charge in [-0.3, -0.25) is 8.32 Å². The zero-order chi connectivity index (χ0) is 10.4. The van der Waals surface area contributed by atoms with Crippen molar-refractivity contribution in [2.45, 2.75) is 37.8 Å². The Morgan fingerprint density at radius 3 is 2.36 bits per heavy atom. The number of hydrogen-bond acceptors (Lipinski definition) is 3. The number of carbonyl (C=O) groups excluding carboxylic acids is 1. The van der Waals surface area contributed by atoms with Gasteiger partial charge in [0.2, 0.25) is 5.91 Å². The highest BCUT2D eigenvalue weighted by Gasteiger charge is 2.21. The van der Waals surface area contributed by atoms with Crippen molar-refractivity contribution in [2.24, 2.45) is 0 Å². The number of hydrogen-bond donors (Lipinski definition) is 3. The van der Waals surface area contributed by atoms with Crippen molar-refractivity contribution in [3.05, 3.63) is 0 Å². The van der Waals surface area contributed by atoms with Gasteiger partial charge in [-0.1, -0.05) is 0 Å². The number of likely N-dealkylation sites (N-methyl/N-ethyl adjacent to an activating group) is 1. The Hall–Kier alpha value is 0.120. The normalized spacial score (nSPS) is 27.3. The molecule has 1 rings (SSSR count). The lowest BCUT2D eigenvalue weighted by Gasteiger charge is -2.28.